The molecule has 1 aliphatic heterocycles. The van der Waals surface area contributed by atoms with Gasteiger partial charge in [-0.2, -0.15) is 8.78 Å². The molecule has 1 N–H and O–H groups in total. The predicted molar refractivity (Wildman–Crippen MR) is 54.0 cm³/mol. The molecule has 0 aromatic carbocycles. The minimum atomic E-state index is -4.18. The van der Waals surface area contributed by atoms with Crippen LogP contribution in [0.3, 0.4) is 0 Å². The number of carbonyl (C=O) groups is 1. The number of halogens is 4. The van der Waals surface area contributed by atoms with Crippen LogP contribution in [0.15, 0.2) is 0 Å². The largest absolute Gasteiger partial charge is 0.324 e. The smallest absolute Gasteiger partial charge is 0.320 e. The molecule has 0 aromatic rings. The highest BCUT2D eigenvalue weighted by Crippen LogP contribution is 2.29. The zero-order chi connectivity index (χ0) is 13.4. The van der Waals surface area contributed by atoms with Gasteiger partial charge in [-0.05, 0) is 20.3 Å². The molecule has 1 amide bonds. The lowest BCUT2D eigenvalue weighted by molar-refractivity contribution is -0.157. The van der Waals surface area contributed by atoms with Gasteiger partial charge in [-0.15, -0.1) is 0 Å². The highest BCUT2D eigenvalue weighted by Gasteiger charge is 2.51. The Bertz CT molecular complexity index is 311. The zero-order valence-electron chi connectivity index (χ0n) is 9.94. The summed E-state index contributed by atoms with van der Waals surface area (Å²) in [5.74, 6) is -4.74. The molecule has 3 nitrogen and oxygen atoms in total. The maximum Gasteiger partial charge on any atom is 0.324 e. The Morgan fingerprint density at radius 3 is 2.41 bits per heavy atom. The molecular formula is C10H16F4N2O. The van der Waals surface area contributed by atoms with Gasteiger partial charge in [-0.1, -0.05) is 6.92 Å². The van der Waals surface area contributed by atoms with Gasteiger partial charge in [0, 0.05) is 0 Å². The third kappa shape index (κ3) is 2.53. The van der Waals surface area contributed by atoms with Crippen molar-refractivity contribution in [2.45, 2.75) is 51.2 Å². The van der Waals surface area contributed by atoms with Gasteiger partial charge >= 0.3 is 12.3 Å². The fourth-order valence-electron chi connectivity index (χ4n) is 1.85. The summed E-state index contributed by atoms with van der Waals surface area (Å²) in [5, 5.41) is 2.84. The standard InChI is InChI=1S/C10H16F4N2O/c1-4-9(3)8(17)16(6(2)15-9)5-10(13,14)7(11)12/h6-7,15H,4-5H2,1-3H3. The second kappa shape index (κ2) is 4.44. The highest BCUT2D eigenvalue weighted by molar-refractivity contribution is 5.88. The zero-order valence-corrected chi connectivity index (χ0v) is 9.94. The van der Waals surface area contributed by atoms with Gasteiger partial charge in [-0.3, -0.25) is 10.1 Å². The second-order valence-corrected chi connectivity index (χ2v) is 4.50. The lowest BCUT2D eigenvalue weighted by Gasteiger charge is -2.26. The maximum atomic E-state index is 12.9. The van der Waals surface area contributed by atoms with Gasteiger partial charge in [0.1, 0.15) is 0 Å². The number of rotatable bonds is 4. The van der Waals surface area contributed by atoms with E-state index in [1.54, 1.807) is 13.8 Å². The summed E-state index contributed by atoms with van der Waals surface area (Å²) in [5.41, 5.74) is -0.947. The molecule has 17 heavy (non-hydrogen) atoms. The molecule has 1 heterocycles. The summed E-state index contributed by atoms with van der Waals surface area (Å²) in [6.07, 6.45) is -4.03. The summed E-state index contributed by atoms with van der Waals surface area (Å²) in [4.78, 5) is 12.6. The number of hydrogen-bond donors (Lipinski definition) is 1. The first kappa shape index (κ1) is 14.2. The molecule has 2 unspecified atom stereocenters. The van der Waals surface area contributed by atoms with Crippen molar-refractivity contribution in [1.82, 2.24) is 10.2 Å². The minimum absolute atomic E-state index is 0.410. The van der Waals surface area contributed by atoms with Crippen molar-refractivity contribution < 1.29 is 22.4 Å². The molecule has 0 bridgehead atoms. The van der Waals surface area contributed by atoms with Gasteiger partial charge in [0.2, 0.25) is 5.91 Å². The number of alkyl halides is 4. The van der Waals surface area contributed by atoms with Crippen LogP contribution in [0, 0.1) is 0 Å². The monoisotopic (exact) mass is 256 g/mol. The summed E-state index contributed by atoms with van der Waals surface area (Å²) < 4.78 is 50.0. The highest BCUT2D eigenvalue weighted by atomic mass is 19.3. The average Bonchev–Trinajstić information content (AvgIpc) is 2.42. The van der Waals surface area contributed by atoms with Crippen LogP contribution in [-0.4, -0.2) is 41.4 Å². The van der Waals surface area contributed by atoms with Crippen LogP contribution < -0.4 is 5.32 Å². The van der Waals surface area contributed by atoms with Crippen molar-refractivity contribution in [3.63, 3.8) is 0 Å². The van der Waals surface area contributed by atoms with E-state index in [0.717, 1.165) is 4.90 Å². The molecule has 1 fully saturated rings. The SMILES string of the molecule is CCC1(C)NC(C)N(CC(F)(F)C(F)F)C1=O. The van der Waals surface area contributed by atoms with E-state index < -0.39 is 36.5 Å². The summed E-state index contributed by atoms with van der Waals surface area (Å²) in [7, 11) is 0. The van der Waals surface area contributed by atoms with E-state index in [2.05, 4.69) is 5.32 Å². The Morgan fingerprint density at radius 2 is 2.06 bits per heavy atom. The molecule has 0 aromatic heterocycles. The lowest BCUT2D eigenvalue weighted by Crippen LogP contribution is -2.47. The fraction of sp³-hybridized carbons (Fsp3) is 0.900. The second-order valence-electron chi connectivity index (χ2n) is 4.50. The first-order chi connectivity index (χ1) is 7.64. The quantitative estimate of drug-likeness (QED) is 0.778. The Hall–Kier alpha value is -0.850. The lowest BCUT2D eigenvalue weighted by atomic mass is 9.99. The van der Waals surface area contributed by atoms with Gasteiger partial charge in [0.15, 0.2) is 0 Å². The first-order valence-electron chi connectivity index (χ1n) is 5.39. The third-order valence-electron chi connectivity index (χ3n) is 3.14. The van der Waals surface area contributed by atoms with E-state index in [1.165, 1.54) is 6.92 Å². The van der Waals surface area contributed by atoms with Gasteiger partial charge < -0.3 is 4.90 Å². The van der Waals surface area contributed by atoms with Gasteiger partial charge in [0.05, 0.1) is 18.2 Å². The molecule has 2 atom stereocenters. The molecular weight excluding hydrogens is 240 g/mol. The maximum absolute atomic E-state index is 12.9. The Balaban J connectivity index is 2.83. The van der Waals surface area contributed by atoms with E-state index in [1.807, 2.05) is 0 Å². The molecule has 100 valence electrons. The third-order valence-corrected chi connectivity index (χ3v) is 3.14. The van der Waals surface area contributed by atoms with E-state index in [9.17, 15) is 22.4 Å². The normalized spacial score (nSPS) is 30.5. The van der Waals surface area contributed by atoms with Crippen LogP contribution in [-0.2, 0) is 4.79 Å². The van der Waals surface area contributed by atoms with E-state index in [-0.39, 0.29) is 0 Å². The molecule has 1 saturated heterocycles. The van der Waals surface area contributed by atoms with Crippen molar-refractivity contribution >= 4 is 5.91 Å². The van der Waals surface area contributed by atoms with Crippen LogP contribution in [0.4, 0.5) is 17.6 Å². The van der Waals surface area contributed by atoms with Crippen molar-refractivity contribution in [3.05, 3.63) is 0 Å². The van der Waals surface area contributed by atoms with Crippen LogP contribution in [0.5, 0.6) is 0 Å². The Labute approximate surface area is 97.2 Å². The minimum Gasteiger partial charge on any atom is -0.320 e. The van der Waals surface area contributed by atoms with Crippen molar-refractivity contribution in [3.8, 4) is 0 Å². The number of hydrogen-bond acceptors (Lipinski definition) is 2. The van der Waals surface area contributed by atoms with Crippen molar-refractivity contribution in [2.75, 3.05) is 6.54 Å². The van der Waals surface area contributed by atoms with E-state index in [4.69, 9.17) is 0 Å². The number of nitrogens with one attached hydrogen (secondary N) is 1. The summed E-state index contributed by atoms with van der Waals surface area (Å²) >= 11 is 0. The summed E-state index contributed by atoms with van der Waals surface area (Å²) in [6.45, 7) is 3.55. The van der Waals surface area contributed by atoms with Crippen LogP contribution in [0.2, 0.25) is 0 Å². The number of amides is 1. The van der Waals surface area contributed by atoms with Gasteiger partial charge in [0.25, 0.3) is 0 Å². The number of nitrogens with zero attached hydrogens (tertiary/aromatic N) is 1. The van der Waals surface area contributed by atoms with Crippen LogP contribution in [0.1, 0.15) is 27.2 Å². The fourth-order valence-corrected chi connectivity index (χ4v) is 1.85. The first-order valence-corrected chi connectivity index (χ1v) is 5.39. The van der Waals surface area contributed by atoms with Crippen molar-refractivity contribution in [1.29, 1.82) is 0 Å². The molecule has 0 aliphatic carbocycles. The Kier molecular flexibility index (Phi) is 3.71. The van der Waals surface area contributed by atoms with E-state index >= 15 is 0 Å². The Morgan fingerprint density at radius 1 is 1.53 bits per heavy atom. The van der Waals surface area contributed by atoms with Gasteiger partial charge in [-0.25, -0.2) is 8.78 Å². The van der Waals surface area contributed by atoms with Crippen LogP contribution in [0.25, 0.3) is 0 Å². The number of carbonyl (C=O) groups excluding carboxylic acids is 1. The van der Waals surface area contributed by atoms with E-state index in [0.29, 0.717) is 6.42 Å². The topological polar surface area (TPSA) is 32.3 Å². The molecule has 1 rings (SSSR count). The van der Waals surface area contributed by atoms with Crippen molar-refractivity contribution in [2.24, 2.45) is 0 Å². The molecule has 7 heteroatoms. The molecule has 0 spiro atoms. The van der Waals surface area contributed by atoms with Crippen LogP contribution >= 0.6 is 0 Å². The molecule has 1 aliphatic rings. The molecule has 0 radical (unpaired) electrons. The molecule has 0 saturated carbocycles. The predicted octanol–water partition coefficient (Wildman–Crippen LogP) is 1.83. The summed E-state index contributed by atoms with van der Waals surface area (Å²) in [6, 6.07) is 0. The average molecular weight is 256 g/mol.